The number of carbonyl (C=O) groups excluding carboxylic acids is 5. The summed E-state index contributed by atoms with van der Waals surface area (Å²) in [6, 6.07) is 6.13. The summed E-state index contributed by atoms with van der Waals surface area (Å²) in [6.07, 6.45) is 0.716. The van der Waals surface area contributed by atoms with E-state index in [4.69, 9.17) is 14.2 Å². The lowest BCUT2D eigenvalue weighted by Crippen LogP contribution is -2.60. The minimum Gasteiger partial charge on any atom is -0.480 e. The molecule has 0 bridgehead atoms. The molecule has 3 N–H and O–H groups in total. The van der Waals surface area contributed by atoms with Gasteiger partial charge in [0.2, 0.25) is 23.6 Å². The van der Waals surface area contributed by atoms with Crippen molar-refractivity contribution in [1.82, 2.24) is 30.2 Å². The molecule has 2 rings (SSSR count). The maximum atomic E-state index is 14.4. The largest absolute Gasteiger partial charge is 0.480 e. The Morgan fingerprint density at radius 3 is 2.03 bits per heavy atom. The van der Waals surface area contributed by atoms with Crippen LogP contribution in [0.25, 0.3) is 0 Å². The van der Waals surface area contributed by atoms with Gasteiger partial charge < -0.3 is 39.8 Å². The second-order valence-electron chi connectivity index (χ2n) is 18.4. The molecule has 364 valence electrons. The quantitative estimate of drug-likeness (QED) is 0.103. The van der Waals surface area contributed by atoms with Gasteiger partial charge in [0.15, 0.2) is 0 Å². The number of likely N-dealkylation sites (N-methyl/N-ethyl adjacent to an activating group) is 3. The molecule has 1 aliphatic rings. The van der Waals surface area contributed by atoms with E-state index in [9.17, 15) is 33.9 Å². The first-order chi connectivity index (χ1) is 30.1. The van der Waals surface area contributed by atoms with Crippen LogP contribution in [0.2, 0.25) is 0 Å². The maximum absolute atomic E-state index is 14.4. The van der Waals surface area contributed by atoms with E-state index in [-0.39, 0.29) is 74.1 Å². The SMILES string of the molecule is CCC(C)C(C(CC(=O)N1CCCC1C(OC)C(C)C(=O)NC(Cc1ccccc1)C(=O)OCCN(CC)CC(=O)O)OC)N(C)C(=O)[C@@H](NC(=O)C(C(C)C)N(C)C(C)C)C(C)C. The predicted octanol–water partition coefficient (Wildman–Crippen LogP) is 4.09. The number of likely N-dealkylation sites (tertiary alicyclic amines) is 1. The number of hydrogen-bond acceptors (Lipinski definition) is 11. The fraction of sp³-hybridized carbons (Fsp3) is 0.750. The Hall–Kier alpha value is -4.12. The van der Waals surface area contributed by atoms with Crippen molar-refractivity contribution in [1.29, 1.82) is 0 Å². The van der Waals surface area contributed by atoms with E-state index in [1.165, 1.54) is 7.11 Å². The third kappa shape index (κ3) is 16.1. The van der Waals surface area contributed by atoms with Crippen LogP contribution in [-0.2, 0) is 49.4 Å². The molecule has 0 radical (unpaired) electrons. The van der Waals surface area contributed by atoms with Crippen molar-refractivity contribution in [2.75, 3.05) is 61.1 Å². The Balaban J connectivity index is 2.31. The third-order valence-corrected chi connectivity index (χ3v) is 13.0. The maximum Gasteiger partial charge on any atom is 0.329 e. The van der Waals surface area contributed by atoms with E-state index < -0.39 is 66.2 Å². The lowest BCUT2D eigenvalue weighted by atomic mass is 9.89. The molecule has 4 amide bonds. The fourth-order valence-corrected chi connectivity index (χ4v) is 8.82. The summed E-state index contributed by atoms with van der Waals surface area (Å²) < 4.78 is 17.6. The standard InChI is InChI=1S/C48H82N6O10/c1-15-33(9)43(52(12)47(60)41(30(3)4)50-46(59)42(31(5)6)51(11)32(7)8)38(62-13)28-39(55)54-24-20-23-37(54)44(63-14)34(10)45(58)49-36(27-35-21-18-17-19-22-35)48(61)64-26-25-53(16-2)29-40(56)57/h17-19,21-22,30-34,36-38,41-44H,15-16,20,23-29H2,1-14H3,(H,49,58)(H,50,59)(H,56,57)/t33?,34?,36?,37?,38?,41-,42?,43?,44?/m0/s1. The van der Waals surface area contributed by atoms with E-state index >= 15 is 0 Å². The zero-order valence-electron chi connectivity index (χ0n) is 41.3. The molecule has 9 atom stereocenters. The number of nitrogens with one attached hydrogen (secondary N) is 2. The number of aliphatic carboxylic acids is 1. The van der Waals surface area contributed by atoms with Crippen LogP contribution in [0.15, 0.2) is 30.3 Å². The van der Waals surface area contributed by atoms with E-state index in [1.54, 1.807) is 35.8 Å². The molecule has 1 heterocycles. The molecule has 1 aliphatic heterocycles. The Kier molecular flexibility index (Phi) is 24.0. The first-order valence-electron chi connectivity index (χ1n) is 23.2. The van der Waals surface area contributed by atoms with Crippen molar-refractivity contribution < 1.29 is 48.1 Å². The molecule has 1 aromatic carbocycles. The molecule has 0 spiro atoms. The van der Waals surface area contributed by atoms with E-state index in [2.05, 4.69) is 10.6 Å². The number of benzene rings is 1. The summed E-state index contributed by atoms with van der Waals surface area (Å²) in [5, 5.41) is 15.2. The fourth-order valence-electron chi connectivity index (χ4n) is 8.82. The number of hydrogen-bond donors (Lipinski definition) is 3. The highest BCUT2D eigenvalue weighted by Crippen LogP contribution is 2.30. The van der Waals surface area contributed by atoms with Gasteiger partial charge in [-0.2, -0.15) is 0 Å². The van der Waals surface area contributed by atoms with Crippen molar-refractivity contribution in [3.63, 3.8) is 0 Å². The minimum absolute atomic E-state index is 0.0105. The van der Waals surface area contributed by atoms with Crippen molar-refractivity contribution >= 4 is 35.6 Å². The molecule has 64 heavy (non-hydrogen) atoms. The number of nitrogens with zero attached hydrogens (tertiary/aromatic N) is 4. The van der Waals surface area contributed by atoms with Crippen LogP contribution in [0.4, 0.5) is 0 Å². The molecule has 1 aromatic rings. The van der Waals surface area contributed by atoms with Gasteiger partial charge in [0, 0.05) is 46.8 Å². The van der Waals surface area contributed by atoms with Gasteiger partial charge in [0.05, 0.1) is 49.2 Å². The number of carboxylic acid groups (broad SMARTS) is 1. The van der Waals surface area contributed by atoms with E-state index in [1.807, 2.05) is 105 Å². The number of carboxylic acids is 1. The third-order valence-electron chi connectivity index (χ3n) is 13.0. The Morgan fingerprint density at radius 1 is 0.875 bits per heavy atom. The topological polar surface area (TPSA) is 187 Å². The lowest BCUT2D eigenvalue weighted by Gasteiger charge is -2.41. The van der Waals surface area contributed by atoms with Crippen molar-refractivity contribution in [2.24, 2.45) is 23.7 Å². The molecule has 1 fully saturated rings. The van der Waals surface area contributed by atoms with Crippen LogP contribution >= 0.6 is 0 Å². The van der Waals surface area contributed by atoms with Crippen LogP contribution < -0.4 is 10.6 Å². The number of ether oxygens (including phenoxy) is 3. The van der Waals surface area contributed by atoms with Gasteiger partial charge in [0.1, 0.15) is 18.7 Å². The number of esters is 1. The smallest absolute Gasteiger partial charge is 0.329 e. The minimum atomic E-state index is -1.04. The Bertz CT molecular complexity index is 1630. The molecular weight excluding hydrogens is 821 g/mol. The average molecular weight is 903 g/mol. The van der Waals surface area contributed by atoms with Gasteiger partial charge in [-0.3, -0.25) is 33.8 Å². The zero-order valence-corrected chi connectivity index (χ0v) is 41.3. The second-order valence-corrected chi connectivity index (χ2v) is 18.4. The molecule has 0 saturated carbocycles. The molecule has 16 nitrogen and oxygen atoms in total. The second kappa shape index (κ2) is 27.4. The summed E-state index contributed by atoms with van der Waals surface area (Å²) in [4.78, 5) is 88.5. The molecule has 8 unspecified atom stereocenters. The van der Waals surface area contributed by atoms with E-state index in [0.29, 0.717) is 32.4 Å². The average Bonchev–Trinajstić information content (AvgIpc) is 3.74. The monoisotopic (exact) mass is 903 g/mol. The highest BCUT2D eigenvalue weighted by molar-refractivity contribution is 5.90. The van der Waals surface area contributed by atoms with Crippen molar-refractivity contribution in [3.8, 4) is 0 Å². The van der Waals surface area contributed by atoms with Gasteiger partial charge in [-0.15, -0.1) is 0 Å². The number of amides is 4. The highest BCUT2D eigenvalue weighted by atomic mass is 16.5. The normalized spacial score (nSPS) is 18.0. The van der Waals surface area contributed by atoms with Crippen LogP contribution in [-0.4, -0.2) is 170 Å². The predicted molar refractivity (Wildman–Crippen MR) is 247 cm³/mol. The Labute approximate surface area is 383 Å². The summed E-state index contributed by atoms with van der Waals surface area (Å²) >= 11 is 0. The van der Waals surface area contributed by atoms with Crippen LogP contribution in [0, 0.1) is 23.7 Å². The van der Waals surface area contributed by atoms with Crippen LogP contribution in [0.3, 0.4) is 0 Å². The van der Waals surface area contributed by atoms with Crippen molar-refractivity contribution in [3.05, 3.63) is 35.9 Å². The zero-order chi connectivity index (χ0) is 48.4. The van der Waals surface area contributed by atoms with Gasteiger partial charge in [-0.1, -0.05) is 92.1 Å². The highest BCUT2D eigenvalue weighted by Gasteiger charge is 2.44. The number of carbonyl (C=O) groups is 6. The summed E-state index contributed by atoms with van der Waals surface area (Å²) in [5.41, 5.74) is 0.809. The van der Waals surface area contributed by atoms with Crippen molar-refractivity contribution in [2.45, 2.75) is 150 Å². The van der Waals surface area contributed by atoms with Crippen LogP contribution in [0.5, 0.6) is 0 Å². The lowest BCUT2D eigenvalue weighted by molar-refractivity contribution is -0.150. The van der Waals surface area contributed by atoms with Gasteiger partial charge >= 0.3 is 11.9 Å². The summed E-state index contributed by atoms with van der Waals surface area (Å²) in [5.74, 6) is -3.79. The van der Waals surface area contributed by atoms with Gasteiger partial charge in [-0.25, -0.2) is 4.79 Å². The molecule has 16 heteroatoms. The number of methoxy groups -OCH3 is 2. The summed E-state index contributed by atoms with van der Waals surface area (Å²) in [7, 11) is 6.69. The molecule has 0 aliphatic carbocycles. The molecular formula is C48H82N6O10. The van der Waals surface area contributed by atoms with Crippen LogP contribution in [0.1, 0.15) is 100 Å². The molecule has 0 aromatic heterocycles. The van der Waals surface area contributed by atoms with E-state index in [0.717, 1.165) is 5.56 Å². The first-order valence-corrected chi connectivity index (χ1v) is 23.2. The first kappa shape index (κ1) is 56.0. The van der Waals surface area contributed by atoms with Gasteiger partial charge in [0.25, 0.3) is 0 Å². The van der Waals surface area contributed by atoms with Gasteiger partial charge in [-0.05, 0) is 63.6 Å². The number of rotatable bonds is 28. The molecule has 1 saturated heterocycles. The summed E-state index contributed by atoms with van der Waals surface area (Å²) in [6.45, 7) is 20.3. The Morgan fingerprint density at radius 2 is 1.52 bits per heavy atom.